The standard InChI is InChI=1S/C13H10N2O4/c1-6-11-12(13(16)19-6)15-8-5-10-9(4-7(8)14-11)17-2-3-18-10/h4-6H,2-3H2,1H3. The molecular weight excluding hydrogens is 248 g/mol. The Kier molecular flexibility index (Phi) is 1.98. The van der Waals surface area contributed by atoms with Crippen molar-refractivity contribution in [2.45, 2.75) is 13.0 Å². The Labute approximate surface area is 108 Å². The summed E-state index contributed by atoms with van der Waals surface area (Å²) in [4.78, 5) is 20.4. The maximum absolute atomic E-state index is 11.6. The number of hydrogen-bond acceptors (Lipinski definition) is 6. The minimum Gasteiger partial charge on any atom is -0.486 e. The van der Waals surface area contributed by atoms with Gasteiger partial charge in [0.1, 0.15) is 25.0 Å². The molecule has 1 aromatic carbocycles. The van der Waals surface area contributed by atoms with E-state index in [4.69, 9.17) is 14.2 Å². The van der Waals surface area contributed by atoms with Crippen LogP contribution in [0.1, 0.15) is 29.2 Å². The van der Waals surface area contributed by atoms with Gasteiger partial charge >= 0.3 is 5.97 Å². The molecule has 2 aromatic rings. The fourth-order valence-electron chi connectivity index (χ4n) is 2.31. The van der Waals surface area contributed by atoms with Crippen molar-refractivity contribution in [3.05, 3.63) is 23.5 Å². The lowest BCUT2D eigenvalue weighted by atomic mass is 10.2. The first-order valence-electron chi connectivity index (χ1n) is 6.04. The van der Waals surface area contributed by atoms with Crippen LogP contribution in [0, 0.1) is 0 Å². The Morgan fingerprint density at radius 2 is 1.74 bits per heavy atom. The summed E-state index contributed by atoms with van der Waals surface area (Å²) in [6, 6.07) is 3.53. The minimum atomic E-state index is -0.424. The average molecular weight is 258 g/mol. The van der Waals surface area contributed by atoms with Crippen molar-refractivity contribution >= 4 is 17.0 Å². The zero-order valence-electron chi connectivity index (χ0n) is 10.2. The van der Waals surface area contributed by atoms with Crippen LogP contribution in [-0.4, -0.2) is 29.2 Å². The van der Waals surface area contributed by atoms with E-state index >= 15 is 0 Å². The highest BCUT2D eigenvalue weighted by atomic mass is 16.6. The monoisotopic (exact) mass is 258 g/mol. The van der Waals surface area contributed by atoms with E-state index in [1.165, 1.54) is 0 Å². The molecule has 0 amide bonds. The second kappa shape index (κ2) is 3.57. The van der Waals surface area contributed by atoms with Crippen molar-refractivity contribution < 1.29 is 19.0 Å². The van der Waals surface area contributed by atoms with Gasteiger partial charge in [0.05, 0.1) is 11.0 Å². The molecule has 0 N–H and O–H groups in total. The van der Waals surface area contributed by atoms with Gasteiger partial charge < -0.3 is 14.2 Å². The first-order chi connectivity index (χ1) is 9.22. The molecule has 0 aliphatic carbocycles. The van der Waals surface area contributed by atoms with Gasteiger partial charge in [-0.2, -0.15) is 0 Å². The number of carbonyl (C=O) groups excluding carboxylic acids is 1. The van der Waals surface area contributed by atoms with E-state index in [1.807, 2.05) is 0 Å². The van der Waals surface area contributed by atoms with Crippen molar-refractivity contribution in [3.63, 3.8) is 0 Å². The molecule has 0 radical (unpaired) electrons. The zero-order chi connectivity index (χ0) is 13.0. The quantitative estimate of drug-likeness (QED) is 0.669. The molecule has 1 atom stereocenters. The molecule has 0 saturated carbocycles. The summed E-state index contributed by atoms with van der Waals surface area (Å²) < 4.78 is 16.1. The third-order valence-corrected chi connectivity index (χ3v) is 3.22. The van der Waals surface area contributed by atoms with E-state index in [2.05, 4.69) is 9.97 Å². The molecule has 4 rings (SSSR count). The van der Waals surface area contributed by atoms with Gasteiger partial charge in [-0.25, -0.2) is 14.8 Å². The van der Waals surface area contributed by atoms with Gasteiger partial charge in [0.15, 0.2) is 17.2 Å². The highest BCUT2D eigenvalue weighted by Gasteiger charge is 2.32. The van der Waals surface area contributed by atoms with Crippen LogP contribution >= 0.6 is 0 Å². The van der Waals surface area contributed by atoms with Crippen molar-refractivity contribution in [2.75, 3.05) is 13.2 Å². The summed E-state index contributed by atoms with van der Waals surface area (Å²) in [5.41, 5.74) is 2.15. The van der Waals surface area contributed by atoms with Gasteiger partial charge in [-0.15, -0.1) is 0 Å². The number of nitrogens with zero attached hydrogens (tertiary/aromatic N) is 2. The third kappa shape index (κ3) is 1.46. The number of benzene rings is 1. The minimum absolute atomic E-state index is 0.289. The second-order valence-corrected chi connectivity index (χ2v) is 4.49. The Morgan fingerprint density at radius 1 is 1.11 bits per heavy atom. The first-order valence-corrected chi connectivity index (χ1v) is 6.04. The molecule has 6 heteroatoms. The van der Waals surface area contributed by atoms with Crippen LogP contribution in [0.2, 0.25) is 0 Å². The predicted molar refractivity (Wildman–Crippen MR) is 64.4 cm³/mol. The molecule has 0 bridgehead atoms. The van der Waals surface area contributed by atoms with Crippen molar-refractivity contribution in [1.82, 2.24) is 9.97 Å². The summed E-state index contributed by atoms with van der Waals surface area (Å²) in [5.74, 6) is 0.866. The summed E-state index contributed by atoms with van der Waals surface area (Å²) in [7, 11) is 0. The number of esters is 1. The smallest absolute Gasteiger partial charge is 0.359 e. The Morgan fingerprint density at radius 3 is 2.42 bits per heavy atom. The van der Waals surface area contributed by atoms with Crippen molar-refractivity contribution in [3.8, 4) is 11.5 Å². The maximum Gasteiger partial charge on any atom is 0.359 e. The van der Waals surface area contributed by atoms with Crippen LogP contribution in [0.25, 0.3) is 11.0 Å². The number of cyclic esters (lactones) is 1. The SMILES string of the molecule is CC1OC(=O)c2nc3cc4c(cc3nc21)OCCO4. The van der Waals surface area contributed by atoms with Gasteiger partial charge in [-0.1, -0.05) is 0 Å². The van der Waals surface area contributed by atoms with E-state index in [0.717, 1.165) is 0 Å². The first kappa shape index (κ1) is 10.5. The molecule has 1 aromatic heterocycles. The number of hydrogen-bond donors (Lipinski definition) is 0. The topological polar surface area (TPSA) is 70.5 Å². The molecule has 2 aliphatic heterocycles. The second-order valence-electron chi connectivity index (χ2n) is 4.49. The van der Waals surface area contributed by atoms with Gasteiger partial charge in [0, 0.05) is 12.1 Å². The van der Waals surface area contributed by atoms with Gasteiger partial charge in [0.25, 0.3) is 0 Å². The zero-order valence-corrected chi connectivity index (χ0v) is 10.2. The normalized spacial score (nSPS) is 20.3. The van der Waals surface area contributed by atoms with Crippen molar-refractivity contribution in [1.29, 1.82) is 0 Å². The number of fused-ring (bicyclic) bond motifs is 3. The van der Waals surface area contributed by atoms with Crippen molar-refractivity contribution in [2.24, 2.45) is 0 Å². The van der Waals surface area contributed by atoms with E-state index in [9.17, 15) is 4.79 Å². The Balaban J connectivity index is 1.98. The summed E-state index contributed by atoms with van der Waals surface area (Å²) in [6.07, 6.45) is -0.354. The molecule has 0 fully saturated rings. The molecular formula is C13H10N2O4. The molecule has 0 saturated heterocycles. The highest BCUT2D eigenvalue weighted by molar-refractivity contribution is 5.94. The lowest BCUT2D eigenvalue weighted by Gasteiger charge is -2.18. The predicted octanol–water partition coefficient (Wildman–Crippen LogP) is 1.63. The van der Waals surface area contributed by atoms with Gasteiger partial charge in [-0.3, -0.25) is 0 Å². The number of ether oxygens (including phenoxy) is 3. The van der Waals surface area contributed by atoms with Crippen LogP contribution in [-0.2, 0) is 4.74 Å². The van der Waals surface area contributed by atoms with Crippen LogP contribution in [0.3, 0.4) is 0 Å². The Hall–Kier alpha value is -2.37. The number of rotatable bonds is 0. The maximum atomic E-state index is 11.6. The van der Waals surface area contributed by atoms with E-state index in [1.54, 1.807) is 19.1 Å². The molecule has 96 valence electrons. The largest absolute Gasteiger partial charge is 0.486 e. The molecule has 1 unspecified atom stereocenters. The lowest BCUT2D eigenvalue weighted by molar-refractivity contribution is 0.0414. The van der Waals surface area contributed by atoms with E-state index in [-0.39, 0.29) is 11.8 Å². The summed E-state index contributed by atoms with van der Waals surface area (Å²) in [5, 5.41) is 0. The summed E-state index contributed by atoms with van der Waals surface area (Å²) in [6.45, 7) is 2.81. The van der Waals surface area contributed by atoms with Crippen LogP contribution in [0.4, 0.5) is 0 Å². The van der Waals surface area contributed by atoms with E-state index < -0.39 is 5.97 Å². The molecule has 6 nitrogen and oxygen atoms in total. The van der Waals surface area contributed by atoms with Crippen LogP contribution in [0.5, 0.6) is 11.5 Å². The molecule has 2 aliphatic rings. The van der Waals surface area contributed by atoms with Crippen LogP contribution in [0.15, 0.2) is 12.1 Å². The fraction of sp³-hybridized carbons (Fsp3) is 0.308. The molecule has 3 heterocycles. The van der Waals surface area contributed by atoms with Crippen LogP contribution < -0.4 is 9.47 Å². The number of aromatic nitrogens is 2. The third-order valence-electron chi connectivity index (χ3n) is 3.22. The highest BCUT2D eigenvalue weighted by Crippen LogP contribution is 2.35. The Bertz CT molecular complexity index is 713. The fourth-order valence-corrected chi connectivity index (χ4v) is 2.31. The summed E-state index contributed by atoms with van der Waals surface area (Å²) >= 11 is 0. The van der Waals surface area contributed by atoms with Gasteiger partial charge in [0.2, 0.25) is 0 Å². The lowest BCUT2D eigenvalue weighted by Crippen LogP contribution is -2.15. The number of carbonyl (C=O) groups is 1. The average Bonchev–Trinajstić information content (AvgIpc) is 2.69. The molecule has 0 spiro atoms. The van der Waals surface area contributed by atoms with Gasteiger partial charge in [-0.05, 0) is 6.92 Å². The molecule has 19 heavy (non-hydrogen) atoms. The van der Waals surface area contributed by atoms with E-state index in [0.29, 0.717) is 41.4 Å².